The van der Waals surface area contributed by atoms with E-state index < -0.39 is 5.97 Å². The van der Waals surface area contributed by atoms with Gasteiger partial charge in [0.05, 0.1) is 24.8 Å². The average Bonchev–Trinajstić information content (AvgIpc) is 3.10. The van der Waals surface area contributed by atoms with E-state index in [4.69, 9.17) is 18.9 Å². The van der Waals surface area contributed by atoms with Crippen molar-refractivity contribution in [3.8, 4) is 23.0 Å². The lowest BCUT2D eigenvalue weighted by molar-refractivity contribution is 0.0729. The summed E-state index contributed by atoms with van der Waals surface area (Å²) < 4.78 is 22.1. The van der Waals surface area contributed by atoms with E-state index in [0.29, 0.717) is 40.5 Å². The number of esters is 1. The Morgan fingerprint density at radius 3 is 2.50 bits per heavy atom. The van der Waals surface area contributed by atoms with Crippen LogP contribution in [0.4, 0.5) is 0 Å². The Kier molecular flexibility index (Phi) is 5.94. The van der Waals surface area contributed by atoms with Crippen LogP contribution in [0, 0.1) is 6.92 Å². The largest absolute Gasteiger partial charge is 0.494 e. The van der Waals surface area contributed by atoms with Crippen molar-refractivity contribution in [1.82, 2.24) is 0 Å². The number of hydrogen-bond acceptors (Lipinski definition) is 6. The molecule has 0 amide bonds. The summed E-state index contributed by atoms with van der Waals surface area (Å²) in [5.41, 5.74) is 2.64. The molecule has 0 radical (unpaired) electrons. The molecule has 0 bridgehead atoms. The van der Waals surface area contributed by atoms with E-state index in [1.165, 1.54) is 7.11 Å². The van der Waals surface area contributed by atoms with E-state index in [1.54, 1.807) is 54.6 Å². The highest BCUT2D eigenvalue weighted by Crippen LogP contribution is 2.36. The van der Waals surface area contributed by atoms with Gasteiger partial charge in [-0.2, -0.15) is 0 Å². The predicted octanol–water partition coefficient (Wildman–Crippen LogP) is 5.24. The molecule has 1 heterocycles. The van der Waals surface area contributed by atoms with Gasteiger partial charge in [0, 0.05) is 6.07 Å². The summed E-state index contributed by atoms with van der Waals surface area (Å²) in [5, 5.41) is 0. The molecule has 0 fully saturated rings. The number of methoxy groups -OCH3 is 1. The molecule has 0 aromatic heterocycles. The van der Waals surface area contributed by atoms with Crippen LogP contribution in [0.5, 0.6) is 23.0 Å². The summed E-state index contributed by atoms with van der Waals surface area (Å²) in [6.07, 6.45) is 1.62. The van der Waals surface area contributed by atoms with Crippen molar-refractivity contribution < 1.29 is 28.5 Å². The third kappa shape index (κ3) is 4.34. The van der Waals surface area contributed by atoms with Crippen LogP contribution in [-0.2, 0) is 0 Å². The fourth-order valence-corrected chi connectivity index (χ4v) is 3.28. The highest BCUT2D eigenvalue weighted by molar-refractivity contribution is 6.14. The Labute approximate surface area is 186 Å². The molecule has 6 nitrogen and oxygen atoms in total. The average molecular weight is 430 g/mol. The lowest BCUT2D eigenvalue weighted by atomic mass is 10.1. The number of allylic oxidation sites excluding steroid dienone is 1. The van der Waals surface area contributed by atoms with Crippen molar-refractivity contribution in [2.45, 2.75) is 13.8 Å². The van der Waals surface area contributed by atoms with Gasteiger partial charge in [-0.15, -0.1) is 0 Å². The van der Waals surface area contributed by atoms with Crippen LogP contribution in [0.15, 0.2) is 66.4 Å². The monoisotopic (exact) mass is 430 g/mol. The molecule has 0 atom stereocenters. The molecule has 3 aromatic rings. The highest BCUT2D eigenvalue weighted by atomic mass is 16.6. The molecule has 1 aliphatic rings. The van der Waals surface area contributed by atoms with Crippen molar-refractivity contribution in [2.24, 2.45) is 0 Å². The normalized spacial score (nSPS) is 13.5. The fraction of sp³-hybridized carbons (Fsp3) is 0.154. The Hall–Kier alpha value is -4.06. The van der Waals surface area contributed by atoms with Crippen molar-refractivity contribution in [3.05, 3.63) is 88.7 Å². The molecule has 4 rings (SSSR count). The SMILES string of the molecule is CCOc1ccc2c(c1)O/C(=C\c1ccc(OC(=O)c3ccc(C)cc3)c(OC)c1)C2=O. The first-order valence-corrected chi connectivity index (χ1v) is 10.2. The zero-order valence-corrected chi connectivity index (χ0v) is 18.0. The summed E-state index contributed by atoms with van der Waals surface area (Å²) in [7, 11) is 1.48. The van der Waals surface area contributed by atoms with E-state index in [9.17, 15) is 9.59 Å². The minimum Gasteiger partial charge on any atom is -0.494 e. The number of benzene rings is 3. The minimum atomic E-state index is -0.482. The van der Waals surface area contributed by atoms with E-state index in [-0.39, 0.29) is 17.3 Å². The topological polar surface area (TPSA) is 71.1 Å². The molecule has 6 heteroatoms. The van der Waals surface area contributed by atoms with Crippen LogP contribution in [0.2, 0.25) is 0 Å². The second-order valence-electron chi connectivity index (χ2n) is 7.20. The number of hydrogen-bond donors (Lipinski definition) is 0. The molecule has 3 aromatic carbocycles. The maximum absolute atomic E-state index is 12.7. The summed E-state index contributed by atoms with van der Waals surface area (Å²) in [6, 6.07) is 17.3. The van der Waals surface area contributed by atoms with Crippen LogP contribution in [0.3, 0.4) is 0 Å². The molecular formula is C26H22O6. The number of carbonyl (C=O) groups is 2. The van der Waals surface area contributed by atoms with Crippen molar-refractivity contribution >= 4 is 17.8 Å². The Bertz CT molecular complexity index is 1210. The smallest absolute Gasteiger partial charge is 0.343 e. The molecule has 0 unspecified atom stereocenters. The molecule has 0 saturated carbocycles. The highest BCUT2D eigenvalue weighted by Gasteiger charge is 2.28. The first-order valence-electron chi connectivity index (χ1n) is 10.2. The number of ether oxygens (including phenoxy) is 4. The van der Waals surface area contributed by atoms with E-state index in [1.807, 2.05) is 26.0 Å². The Balaban J connectivity index is 1.55. The zero-order chi connectivity index (χ0) is 22.7. The molecule has 162 valence electrons. The van der Waals surface area contributed by atoms with Crippen molar-refractivity contribution in [2.75, 3.05) is 13.7 Å². The maximum atomic E-state index is 12.7. The number of aryl methyl sites for hydroxylation is 1. The summed E-state index contributed by atoms with van der Waals surface area (Å²) in [6.45, 7) is 4.36. The van der Waals surface area contributed by atoms with Gasteiger partial charge in [-0.05, 0) is 61.9 Å². The molecular weight excluding hydrogens is 408 g/mol. The van der Waals surface area contributed by atoms with E-state index in [0.717, 1.165) is 5.56 Å². The van der Waals surface area contributed by atoms with E-state index in [2.05, 4.69) is 0 Å². The van der Waals surface area contributed by atoms with Crippen LogP contribution in [0.25, 0.3) is 6.08 Å². The van der Waals surface area contributed by atoms with Gasteiger partial charge in [0.25, 0.3) is 0 Å². The quantitative estimate of drug-likeness (QED) is 0.303. The molecule has 0 saturated heterocycles. The van der Waals surface area contributed by atoms with Gasteiger partial charge < -0.3 is 18.9 Å². The number of fused-ring (bicyclic) bond motifs is 1. The molecule has 1 aliphatic heterocycles. The molecule has 32 heavy (non-hydrogen) atoms. The second-order valence-corrected chi connectivity index (χ2v) is 7.20. The molecule has 0 spiro atoms. The Morgan fingerprint density at radius 2 is 1.78 bits per heavy atom. The van der Waals surface area contributed by atoms with Crippen molar-refractivity contribution in [1.29, 1.82) is 0 Å². The number of Topliss-reactive ketones (excluding diaryl/α,β-unsaturated/α-hetero) is 1. The van der Waals surface area contributed by atoms with Crippen LogP contribution >= 0.6 is 0 Å². The summed E-state index contributed by atoms with van der Waals surface area (Å²) in [5.74, 6) is 1.25. The lowest BCUT2D eigenvalue weighted by Crippen LogP contribution is -2.09. The third-order valence-corrected chi connectivity index (χ3v) is 4.93. The standard InChI is InChI=1S/C26H22O6/c1-4-30-19-10-11-20-22(15-19)31-24(25(20)27)14-17-7-12-21(23(13-17)29-3)32-26(28)18-8-5-16(2)6-9-18/h5-15H,4H2,1-3H3/b24-14-. The van der Waals surface area contributed by atoms with Gasteiger partial charge in [-0.3, -0.25) is 4.79 Å². The van der Waals surface area contributed by atoms with Crippen molar-refractivity contribution in [3.63, 3.8) is 0 Å². The van der Waals surface area contributed by atoms with Crippen LogP contribution in [-0.4, -0.2) is 25.5 Å². The number of carbonyl (C=O) groups excluding carboxylic acids is 2. The minimum absolute atomic E-state index is 0.195. The maximum Gasteiger partial charge on any atom is 0.343 e. The molecule has 0 N–H and O–H groups in total. The van der Waals surface area contributed by atoms with Crippen LogP contribution < -0.4 is 18.9 Å². The second kappa shape index (κ2) is 8.98. The van der Waals surface area contributed by atoms with Gasteiger partial charge in [-0.25, -0.2) is 4.79 Å². The van der Waals surface area contributed by atoms with Crippen LogP contribution in [0.1, 0.15) is 38.8 Å². The lowest BCUT2D eigenvalue weighted by Gasteiger charge is -2.10. The van der Waals surface area contributed by atoms with Gasteiger partial charge in [0.1, 0.15) is 11.5 Å². The summed E-state index contributed by atoms with van der Waals surface area (Å²) in [4.78, 5) is 25.1. The first-order chi connectivity index (χ1) is 15.5. The van der Waals surface area contributed by atoms with Gasteiger partial charge >= 0.3 is 5.97 Å². The van der Waals surface area contributed by atoms with E-state index >= 15 is 0 Å². The predicted molar refractivity (Wildman–Crippen MR) is 120 cm³/mol. The third-order valence-electron chi connectivity index (χ3n) is 4.93. The number of rotatable bonds is 6. The van der Waals surface area contributed by atoms with Gasteiger partial charge in [-0.1, -0.05) is 23.8 Å². The fourth-order valence-electron chi connectivity index (χ4n) is 3.28. The summed E-state index contributed by atoms with van der Waals surface area (Å²) >= 11 is 0. The number of ketones is 1. The zero-order valence-electron chi connectivity index (χ0n) is 18.0. The van der Waals surface area contributed by atoms with Gasteiger partial charge in [0.15, 0.2) is 17.3 Å². The first kappa shape index (κ1) is 21.2. The Morgan fingerprint density at radius 1 is 1.00 bits per heavy atom. The van der Waals surface area contributed by atoms with Gasteiger partial charge in [0.2, 0.25) is 5.78 Å². The molecule has 0 aliphatic carbocycles.